The van der Waals surface area contributed by atoms with Gasteiger partial charge in [0, 0.05) is 31.6 Å². The van der Waals surface area contributed by atoms with Gasteiger partial charge in [-0.2, -0.15) is 0 Å². The van der Waals surface area contributed by atoms with Crippen molar-refractivity contribution in [2.75, 3.05) is 7.11 Å². The highest BCUT2D eigenvalue weighted by molar-refractivity contribution is 5.84. The summed E-state index contributed by atoms with van der Waals surface area (Å²) in [6, 6.07) is 0. The van der Waals surface area contributed by atoms with Crippen molar-refractivity contribution in [2.45, 2.75) is 83.8 Å². The first-order valence-corrected chi connectivity index (χ1v) is 10.7. The summed E-state index contributed by atoms with van der Waals surface area (Å²) in [4.78, 5) is 34.8. The molecule has 1 rings (SSSR count). The number of ketones is 1. The van der Waals surface area contributed by atoms with Crippen LogP contribution in [0.4, 0.5) is 0 Å². The Bertz CT molecular complexity index is 580. The zero-order valence-corrected chi connectivity index (χ0v) is 18.0. The summed E-state index contributed by atoms with van der Waals surface area (Å²) < 4.78 is 9.97. The number of ether oxygens (including phenoxy) is 2. The molecular formula is C23H36O6. The Kier molecular flexibility index (Phi) is 12.2. The summed E-state index contributed by atoms with van der Waals surface area (Å²) in [5, 5.41) is 10.3. The van der Waals surface area contributed by atoms with Crippen molar-refractivity contribution in [1.29, 1.82) is 0 Å². The van der Waals surface area contributed by atoms with Crippen LogP contribution in [0.15, 0.2) is 24.3 Å². The number of hydrogen-bond acceptors (Lipinski definition) is 6. The van der Waals surface area contributed by atoms with Crippen LogP contribution in [-0.2, 0) is 23.9 Å². The maximum absolute atomic E-state index is 12.3. The minimum absolute atomic E-state index is 0.0568. The summed E-state index contributed by atoms with van der Waals surface area (Å²) in [6.07, 6.45) is 13.0. The van der Waals surface area contributed by atoms with Gasteiger partial charge in [0.05, 0.1) is 13.2 Å². The van der Waals surface area contributed by atoms with Crippen molar-refractivity contribution < 1.29 is 29.0 Å². The van der Waals surface area contributed by atoms with Gasteiger partial charge < -0.3 is 14.6 Å². The average molecular weight is 409 g/mol. The van der Waals surface area contributed by atoms with E-state index in [2.05, 4.69) is 11.7 Å². The van der Waals surface area contributed by atoms with E-state index >= 15 is 0 Å². The fourth-order valence-corrected chi connectivity index (χ4v) is 3.61. The van der Waals surface area contributed by atoms with Crippen molar-refractivity contribution in [3.05, 3.63) is 24.3 Å². The number of rotatable bonds is 13. The monoisotopic (exact) mass is 408 g/mol. The summed E-state index contributed by atoms with van der Waals surface area (Å²) in [5.41, 5.74) is 0. The van der Waals surface area contributed by atoms with Crippen molar-refractivity contribution in [2.24, 2.45) is 11.8 Å². The molecule has 0 aromatic carbocycles. The molecule has 0 heterocycles. The predicted molar refractivity (Wildman–Crippen MR) is 111 cm³/mol. The van der Waals surface area contributed by atoms with Crippen molar-refractivity contribution >= 4 is 17.7 Å². The van der Waals surface area contributed by atoms with E-state index in [1.165, 1.54) is 14.0 Å². The molecule has 0 saturated heterocycles. The van der Waals surface area contributed by atoms with Gasteiger partial charge in [-0.3, -0.25) is 14.4 Å². The Morgan fingerprint density at radius 3 is 2.66 bits per heavy atom. The fraction of sp³-hybridized carbons (Fsp3) is 0.696. The highest BCUT2D eigenvalue weighted by Gasteiger charge is 2.39. The van der Waals surface area contributed by atoms with Crippen molar-refractivity contribution in [1.82, 2.24) is 0 Å². The van der Waals surface area contributed by atoms with Gasteiger partial charge in [0.1, 0.15) is 11.9 Å². The third-order valence-electron chi connectivity index (χ3n) is 5.23. The minimum Gasteiger partial charge on any atom is -0.469 e. The van der Waals surface area contributed by atoms with Gasteiger partial charge in [0.2, 0.25) is 0 Å². The summed E-state index contributed by atoms with van der Waals surface area (Å²) in [7, 11) is 1.37. The van der Waals surface area contributed by atoms with E-state index < -0.39 is 6.10 Å². The molecule has 0 spiro atoms. The first-order valence-electron chi connectivity index (χ1n) is 10.7. The Hall–Kier alpha value is -1.95. The molecule has 1 saturated carbocycles. The van der Waals surface area contributed by atoms with Crippen LogP contribution in [-0.4, -0.2) is 42.1 Å². The molecule has 6 nitrogen and oxygen atoms in total. The predicted octanol–water partition coefficient (Wildman–Crippen LogP) is 3.91. The van der Waals surface area contributed by atoms with Crippen LogP contribution in [0.5, 0.6) is 0 Å². The van der Waals surface area contributed by atoms with E-state index in [0.29, 0.717) is 19.3 Å². The van der Waals surface area contributed by atoms with Gasteiger partial charge in [-0.25, -0.2) is 0 Å². The second kappa shape index (κ2) is 14.1. The smallest absolute Gasteiger partial charge is 0.305 e. The van der Waals surface area contributed by atoms with E-state index in [-0.39, 0.29) is 42.1 Å². The third kappa shape index (κ3) is 9.88. The third-order valence-corrected chi connectivity index (χ3v) is 5.23. The molecule has 29 heavy (non-hydrogen) atoms. The molecule has 1 aliphatic rings. The summed E-state index contributed by atoms with van der Waals surface area (Å²) in [6.45, 7) is 3.51. The van der Waals surface area contributed by atoms with Gasteiger partial charge >= 0.3 is 11.9 Å². The van der Waals surface area contributed by atoms with Crippen LogP contribution in [0, 0.1) is 11.8 Å². The number of methoxy groups -OCH3 is 1. The zero-order valence-electron chi connectivity index (χ0n) is 18.0. The lowest BCUT2D eigenvalue weighted by atomic mass is 9.90. The Balaban J connectivity index is 2.62. The topological polar surface area (TPSA) is 89.9 Å². The molecule has 6 heteroatoms. The second-order valence-corrected chi connectivity index (χ2v) is 7.63. The number of aliphatic hydroxyl groups excluding tert-OH is 1. The van der Waals surface area contributed by atoms with E-state index in [4.69, 9.17) is 4.74 Å². The van der Waals surface area contributed by atoms with Crippen LogP contribution in [0.1, 0.15) is 71.6 Å². The van der Waals surface area contributed by atoms with Crippen LogP contribution in [0.3, 0.4) is 0 Å². The standard InChI is InChI=1S/C23H36O6/c1-4-5-8-11-18(29-17(2)24)14-15-20-19(21(25)16-22(20)26)12-9-6-7-10-13-23(27)28-3/h6,9,14-15,18-20,22,26H,4-5,7-8,10-13,16H2,1-3H3/b9-6+,15-14+/t18-,19+,20+,22+/m0/s1. The van der Waals surface area contributed by atoms with Crippen LogP contribution < -0.4 is 0 Å². The van der Waals surface area contributed by atoms with Gasteiger partial charge in [0.15, 0.2) is 0 Å². The molecule has 4 atom stereocenters. The van der Waals surface area contributed by atoms with Crippen LogP contribution in [0.2, 0.25) is 0 Å². The molecule has 0 amide bonds. The normalized spacial score (nSPS) is 23.0. The van der Waals surface area contributed by atoms with Crippen LogP contribution >= 0.6 is 0 Å². The quantitative estimate of drug-likeness (QED) is 0.282. The number of allylic oxidation sites excluding steroid dienone is 2. The average Bonchev–Trinajstić information content (AvgIpc) is 2.94. The molecule has 1 N–H and O–H groups in total. The lowest BCUT2D eigenvalue weighted by molar-refractivity contribution is -0.144. The number of esters is 2. The van der Waals surface area contributed by atoms with Gasteiger partial charge in [-0.15, -0.1) is 0 Å². The fourth-order valence-electron chi connectivity index (χ4n) is 3.61. The highest BCUT2D eigenvalue weighted by Crippen LogP contribution is 2.33. The number of hydrogen-bond donors (Lipinski definition) is 1. The van der Waals surface area contributed by atoms with Crippen molar-refractivity contribution in [3.8, 4) is 0 Å². The van der Waals surface area contributed by atoms with Gasteiger partial charge in [-0.1, -0.05) is 38.0 Å². The number of unbranched alkanes of at least 4 members (excludes halogenated alkanes) is 3. The molecule has 0 unspecified atom stereocenters. The number of aliphatic hydroxyl groups is 1. The highest BCUT2D eigenvalue weighted by atomic mass is 16.5. The lowest BCUT2D eigenvalue weighted by Gasteiger charge is -2.18. The molecule has 1 aliphatic carbocycles. The van der Waals surface area contributed by atoms with Crippen LogP contribution in [0.25, 0.3) is 0 Å². The Morgan fingerprint density at radius 1 is 1.24 bits per heavy atom. The van der Waals surface area contributed by atoms with Gasteiger partial charge in [0.25, 0.3) is 0 Å². The van der Waals surface area contributed by atoms with E-state index in [0.717, 1.165) is 32.1 Å². The SMILES string of the molecule is CCCCC[C@@H](/C=C/[C@H]1[C@H](O)CC(=O)[C@@H]1C/C=C/CCCC(=O)OC)OC(C)=O. The number of carbonyl (C=O) groups is 3. The molecule has 0 aromatic heterocycles. The Morgan fingerprint density at radius 2 is 2.00 bits per heavy atom. The molecular weight excluding hydrogens is 372 g/mol. The minimum atomic E-state index is -0.704. The molecule has 1 fully saturated rings. The molecule has 0 radical (unpaired) electrons. The molecule has 0 aromatic rings. The second-order valence-electron chi connectivity index (χ2n) is 7.63. The van der Waals surface area contributed by atoms with Crippen molar-refractivity contribution in [3.63, 3.8) is 0 Å². The first-order chi connectivity index (χ1) is 13.9. The first kappa shape index (κ1) is 25.1. The molecule has 164 valence electrons. The lowest BCUT2D eigenvalue weighted by Crippen LogP contribution is -2.20. The number of Topliss-reactive ketones (excluding diaryl/α,β-unsaturated/α-hetero) is 1. The summed E-state index contributed by atoms with van der Waals surface area (Å²) in [5.74, 6) is -1.04. The van der Waals surface area contributed by atoms with E-state index in [1.54, 1.807) is 0 Å². The Labute approximate surface area is 174 Å². The number of carbonyl (C=O) groups excluding carboxylic acids is 3. The van der Waals surface area contributed by atoms with E-state index in [9.17, 15) is 19.5 Å². The maximum atomic E-state index is 12.3. The largest absolute Gasteiger partial charge is 0.469 e. The molecule has 0 aliphatic heterocycles. The molecule has 0 bridgehead atoms. The zero-order chi connectivity index (χ0) is 21.6. The maximum Gasteiger partial charge on any atom is 0.305 e. The van der Waals surface area contributed by atoms with E-state index in [1.807, 2.05) is 24.3 Å². The summed E-state index contributed by atoms with van der Waals surface area (Å²) >= 11 is 0. The van der Waals surface area contributed by atoms with Gasteiger partial charge in [-0.05, 0) is 38.2 Å².